The first-order valence-electron chi connectivity index (χ1n) is 6.62. The minimum atomic E-state index is -2.10. The summed E-state index contributed by atoms with van der Waals surface area (Å²) in [4.78, 5) is 11.9. The van der Waals surface area contributed by atoms with E-state index in [1.54, 1.807) is 42.5 Å². The molecule has 1 unspecified atom stereocenters. The average molecular weight is 375 g/mol. The number of halogens is 3. The van der Waals surface area contributed by atoms with Crippen LogP contribution < -0.4 is 10.1 Å². The summed E-state index contributed by atoms with van der Waals surface area (Å²) in [6, 6.07) is 13.8. The first-order chi connectivity index (χ1) is 10.8. The molecule has 0 aromatic heterocycles. The van der Waals surface area contributed by atoms with E-state index in [0.29, 0.717) is 22.6 Å². The van der Waals surface area contributed by atoms with Crippen LogP contribution in [0.3, 0.4) is 0 Å². The Kier molecular flexibility index (Phi) is 5.76. The molecule has 0 aliphatic heterocycles. The highest BCUT2D eigenvalue weighted by Crippen LogP contribution is 2.34. The van der Waals surface area contributed by atoms with Gasteiger partial charge >= 0.3 is 0 Å². The highest BCUT2D eigenvalue weighted by Gasteiger charge is 2.31. The van der Waals surface area contributed by atoms with Gasteiger partial charge in [0.05, 0.1) is 7.11 Å². The summed E-state index contributed by atoms with van der Waals surface area (Å²) in [5, 5.41) is 13.1. The molecular weight excluding hydrogens is 361 g/mol. The summed E-state index contributed by atoms with van der Waals surface area (Å²) < 4.78 is 3.06. The van der Waals surface area contributed by atoms with Gasteiger partial charge in [0.2, 0.25) is 0 Å². The third-order valence-corrected chi connectivity index (χ3v) is 3.69. The highest BCUT2D eigenvalue weighted by atomic mass is 35.6. The van der Waals surface area contributed by atoms with E-state index in [2.05, 4.69) is 5.32 Å². The smallest absolute Gasteiger partial charge is 0.276 e. The Morgan fingerprint density at radius 1 is 1.17 bits per heavy atom. The lowest BCUT2D eigenvalue weighted by Crippen LogP contribution is -2.27. The molecular formula is C16H14Cl3NO3. The van der Waals surface area contributed by atoms with Gasteiger partial charge in [-0.1, -0.05) is 65.1 Å². The maximum atomic E-state index is 11.9. The average Bonchev–Trinajstić information content (AvgIpc) is 2.54. The van der Waals surface area contributed by atoms with Gasteiger partial charge in [0.25, 0.3) is 9.70 Å². The predicted molar refractivity (Wildman–Crippen MR) is 92.4 cm³/mol. The number of carbonyl (C=O) groups excluding carboxylic acids is 1. The highest BCUT2D eigenvalue weighted by molar-refractivity contribution is 6.76. The van der Waals surface area contributed by atoms with Crippen LogP contribution in [0.15, 0.2) is 48.5 Å². The van der Waals surface area contributed by atoms with Crippen molar-refractivity contribution in [1.82, 2.24) is 0 Å². The number of aliphatic hydroxyl groups excluding tert-OH is 1. The molecule has 2 aromatic rings. The summed E-state index contributed by atoms with van der Waals surface area (Å²) in [6.07, 6.45) is -0.975. The van der Waals surface area contributed by atoms with Crippen LogP contribution in [-0.4, -0.2) is 21.9 Å². The van der Waals surface area contributed by atoms with Gasteiger partial charge in [-0.3, -0.25) is 4.79 Å². The van der Waals surface area contributed by atoms with Gasteiger partial charge in [-0.05, 0) is 23.8 Å². The fourth-order valence-electron chi connectivity index (χ4n) is 2.02. The Labute approximate surface area is 148 Å². The lowest BCUT2D eigenvalue weighted by molar-refractivity contribution is -0.115. The molecule has 23 heavy (non-hydrogen) atoms. The molecule has 0 aliphatic rings. The van der Waals surface area contributed by atoms with Crippen molar-refractivity contribution in [3.05, 3.63) is 59.7 Å². The second-order valence-electron chi connectivity index (χ2n) is 4.72. The van der Waals surface area contributed by atoms with Crippen LogP contribution in [0.4, 0.5) is 5.69 Å². The Morgan fingerprint density at radius 3 is 2.39 bits per heavy atom. The van der Waals surface area contributed by atoms with Crippen molar-refractivity contribution in [3.63, 3.8) is 0 Å². The van der Waals surface area contributed by atoms with Crippen molar-refractivity contribution in [1.29, 1.82) is 0 Å². The van der Waals surface area contributed by atoms with Crippen molar-refractivity contribution in [2.24, 2.45) is 0 Å². The van der Waals surface area contributed by atoms with E-state index in [0.717, 1.165) is 0 Å². The first kappa shape index (κ1) is 17.9. The quantitative estimate of drug-likeness (QED) is 0.793. The fraction of sp³-hybridized carbons (Fsp3) is 0.188. The van der Waals surface area contributed by atoms with Crippen LogP contribution in [-0.2, 0) is 4.79 Å². The normalized spacial score (nSPS) is 12.6. The topological polar surface area (TPSA) is 58.6 Å². The number of anilines is 1. The molecule has 0 heterocycles. The fourth-order valence-corrected chi connectivity index (χ4v) is 2.16. The molecule has 0 spiro atoms. The summed E-state index contributed by atoms with van der Waals surface area (Å²) >= 11 is 16.7. The van der Waals surface area contributed by atoms with Crippen molar-refractivity contribution in [2.75, 3.05) is 12.4 Å². The van der Waals surface area contributed by atoms with Crippen LogP contribution in [0, 0.1) is 0 Å². The molecule has 0 bridgehead atoms. The van der Waals surface area contributed by atoms with E-state index >= 15 is 0 Å². The molecule has 0 saturated heterocycles. The van der Waals surface area contributed by atoms with E-state index < -0.39 is 15.8 Å². The number of aliphatic hydroxyl groups is 1. The molecule has 0 saturated carbocycles. The van der Waals surface area contributed by atoms with Gasteiger partial charge in [0.1, 0.15) is 11.9 Å². The monoisotopic (exact) mass is 373 g/mol. The van der Waals surface area contributed by atoms with Gasteiger partial charge in [0.15, 0.2) is 0 Å². The summed E-state index contributed by atoms with van der Waals surface area (Å²) in [6.45, 7) is 0. The van der Waals surface area contributed by atoms with E-state index in [1.807, 2.05) is 6.07 Å². The SMILES string of the molecule is COc1ccc(NC(=O)C(Cl)(Cl)Cl)c(C(O)c2ccccc2)c1. The molecule has 0 fully saturated rings. The van der Waals surface area contributed by atoms with E-state index in [-0.39, 0.29) is 0 Å². The second-order valence-corrected chi connectivity index (χ2v) is 7.00. The zero-order chi connectivity index (χ0) is 17.0. The molecule has 0 aliphatic carbocycles. The number of alkyl halides is 3. The van der Waals surface area contributed by atoms with Crippen molar-refractivity contribution in [2.45, 2.75) is 9.90 Å². The number of carbonyl (C=O) groups is 1. The van der Waals surface area contributed by atoms with Gasteiger partial charge in [0, 0.05) is 11.3 Å². The minimum Gasteiger partial charge on any atom is -0.497 e. The third-order valence-electron chi connectivity index (χ3n) is 3.17. The lowest BCUT2D eigenvalue weighted by Gasteiger charge is -2.19. The first-order valence-corrected chi connectivity index (χ1v) is 7.75. The zero-order valence-electron chi connectivity index (χ0n) is 12.1. The number of ether oxygens (including phenoxy) is 1. The number of benzene rings is 2. The van der Waals surface area contributed by atoms with Crippen LogP contribution in [0.5, 0.6) is 5.75 Å². The molecule has 1 amide bonds. The summed E-state index contributed by atoms with van der Waals surface area (Å²) in [5.74, 6) is -0.281. The molecule has 4 nitrogen and oxygen atoms in total. The number of amides is 1. The molecule has 122 valence electrons. The number of hydrogen-bond donors (Lipinski definition) is 2. The second kappa shape index (κ2) is 7.41. The Balaban J connectivity index is 2.41. The maximum Gasteiger partial charge on any atom is 0.276 e. The summed E-state index contributed by atoms with van der Waals surface area (Å²) in [7, 11) is 1.51. The molecule has 7 heteroatoms. The van der Waals surface area contributed by atoms with Crippen LogP contribution in [0.25, 0.3) is 0 Å². The van der Waals surface area contributed by atoms with Crippen molar-refractivity contribution in [3.8, 4) is 5.75 Å². The number of methoxy groups -OCH3 is 1. The molecule has 1 atom stereocenters. The number of nitrogens with one attached hydrogen (secondary N) is 1. The molecule has 2 N–H and O–H groups in total. The predicted octanol–water partition coefficient (Wildman–Crippen LogP) is 4.09. The van der Waals surface area contributed by atoms with Gasteiger partial charge in [-0.15, -0.1) is 0 Å². The summed E-state index contributed by atoms with van der Waals surface area (Å²) in [5.41, 5.74) is 1.42. The Hall–Kier alpha value is -1.46. The maximum absolute atomic E-state index is 11.9. The van der Waals surface area contributed by atoms with E-state index in [1.165, 1.54) is 7.11 Å². The molecule has 0 radical (unpaired) electrons. The van der Waals surface area contributed by atoms with Crippen LogP contribution in [0.1, 0.15) is 17.2 Å². The van der Waals surface area contributed by atoms with Crippen molar-refractivity contribution < 1.29 is 14.6 Å². The van der Waals surface area contributed by atoms with Crippen LogP contribution >= 0.6 is 34.8 Å². The van der Waals surface area contributed by atoms with Gasteiger partial charge in [-0.2, -0.15) is 0 Å². The Bertz CT molecular complexity index is 687. The van der Waals surface area contributed by atoms with E-state index in [9.17, 15) is 9.90 Å². The van der Waals surface area contributed by atoms with Crippen molar-refractivity contribution >= 4 is 46.4 Å². The standard InChI is InChI=1S/C16H14Cl3NO3/c1-23-11-7-8-13(20-15(22)16(17,18)19)12(9-11)14(21)10-5-3-2-4-6-10/h2-9,14,21H,1H3,(H,20,22). The number of rotatable bonds is 4. The third kappa shape index (κ3) is 4.52. The molecule has 2 rings (SSSR count). The molecule has 2 aromatic carbocycles. The zero-order valence-corrected chi connectivity index (χ0v) is 14.4. The largest absolute Gasteiger partial charge is 0.497 e. The minimum absolute atomic E-state index is 0.332. The van der Waals surface area contributed by atoms with Crippen LogP contribution in [0.2, 0.25) is 0 Å². The van der Waals surface area contributed by atoms with Gasteiger partial charge < -0.3 is 15.2 Å². The number of hydrogen-bond acceptors (Lipinski definition) is 3. The van der Waals surface area contributed by atoms with E-state index in [4.69, 9.17) is 39.5 Å². The Morgan fingerprint density at radius 2 is 1.83 bits per heavy atom. The van der Waals surface area contributed by atoms with Gasteiger partial charge in [-0.25, -0.2) is 0 Å². The lowest BCUT2D eigenvalue weighted by atomic mass is 9.99.